The van der Waals surface area contributed by atoms with Crippen molar-refractivity contribution in [3.05, 3.63) is 34.3 Å². The van der Waals surface area contributed by atoms with Crippen LogP contribution in [0, 0.1) is 5.92 Å². The van der Waals surface area contributed by atoms with Crippen molar-refractivity contribution in [1.82, 2.24) is 10.2 Å². The third kappa shape index (κ3) is 3.39. The molecule has 0 aliphatic heterocycles. The minimum absolute atomic E-state index is 0.0285. The van der Waals surface area contributed by atoms with Crippen molar-refractivity contribution in [2.24, 2.45) is 5.92 Å². The normalized spacial score (nSPS) is 20.4. The van der Waals surface area contributed by atoms with E-state index in [4.69, 9.17) is 0 Å². The monoisotopic (exact) mass is 338 g/mol. The highest BCUT2D eigenvalue weighted by Gasteiger charge is 2.45. The van der Waals surface area contributed by atoms with Gasteiger partial charge in [-0.25, -0.2) is 0 Å². The number of hydrogen-bond acceptors (Lipinski definition) is 2. The average molecular weight is 339 g/mol. The Morgan fingerprint density at radius 1 is 1.35 bits per heavy atom. The fraction of sp³-hybridized carbons (Fsp3) is 0.467. The first-order valence-electron chi connectivity index (χ1n) is 6.81. The number of halogens is 1. The summed E-state index contributed by atoms with van der Waals surface area (Å²) >= 11 is 3.41. The van der Waals surface area contributed by atoms with Crippen molar-refractivity contribution in [1.29, 1.82) is 0 Å². The number of carbonyl (C=O) groups excluding carboxylic acids is 2. The van der Waals surface area contributed by atoms with E-state index in [0.29, 0.717) is 12.5 Å². The smallest absolute Gasteiger partial charge is 0.239 e. The van der Waals surface area contributed by atoms with Crippen LogP contribution in [0.5, 0.6) is 0 Å². The van der Waals surface area contributed by atoms with Gasteiger partial charge in [-0.1, -0.05) is 28.1 Å². The van der Waals surface area contributed by atoms with E-state index in [9.17, 15) is 9.59 Å². The van der Waals surface area contributed by atoms with Gasteiger partial charge in [0.1, 0.15) is 0 Å². The largest absolute Gasteiger partial charge is 0.358 e. The van der Waals surface area contributed by atoms with Crippen LogP contribution in [0.3, 0.4) is 0 Å². The predicted octanol–water partition coefficient (Wildman–Crippen LogP) is 2.15. The molecule has 4 nitrogen and oxygen atoms in total. The van der Waals surface area contributed by atoms with E-state index in [0.717, 1.165) is 10.9 Å². The zero-order chi connectivity index (χ0) is 14.7. The SMILES string of the molecule is CCN(CC(=O)NC)C(=O)[C@H]1C[C@H]1c1ccc(Br)cc1. The maximum Gasteiger partial charge on any atom is 0.239 e. The average Bonchev–Trinajstić information content (AvgIpc) is 3.25. The Morgan fingerprint density at radius 3 is 2.55 bits per heavy atom. The molecule has 1 aromatic rings. The first-order chi connectivity index (χ1) is 9.56. The van der Waals surface area contributed by atoms with Crippen LogP contribution in [0.4, 0.5) is 0 Å². The van der Waals surface area contributed by atoms with Crippen LogP contribution in [-0.2, 0) is 9.59 Å². The van der Waals surface area contributed by atoms with Gasteiger partial charge in [0, 0.05) is 24.0 Å². The first-order valence-corrected chi connectivity index (χ1v) is 7.61. The van der Waals surface area contributed by atoms with Crippen LogP contribution in [0.1, 0.15) is 24.8 Å². The summed E-state index contributed by atoms with van der Waals surface area (Å²) in [5, 5.41) is 2.56. The summed E-state index contributed by atoms with van der Waals surface area (Å²) in [5.41, 5.74) is 1.20. The molecule has 1 fully saturated rings. The van der Waals surface area contributed by atoms with Gasteiger partial charge < -0.3 is 10.2 Å². The molecule has 0 heterocycles. The quantitative estimate of drug-likeness (QED) is 0.894. The zero-order valence-electron chi connectivity index (χ0n) is 11.7. The summed E-state index contributed by atoms with van der Waals surface area (Å²) in [6, 6.07) is 8.10. The second kappa shape index (κ2) is 6.39. The van der Waals surface area contributed by atoms with E-state index in [1.807, 2.05) is 19.1 Å². The predicted molar refractivity (Wildman–Crippen MR) is 81.3 cm³/mol. The van der Waals surface area contributed by atoms with Gasteiger partial charge in [0.15, 0.2) is 0 Å². The molecule has 0 aromatic heterocycles. The minimum Gasteiger partial charge on any atom is -0.358 e. The lowest BCUT2D eigenvalue weighted by Crippen LogP contribution is -2.40. The number of amides is 2. The molecule has 1 aromatic carbocycles. The standard InChI is InChI=1S/C15H19BrN2O2/c1-3-18(9-14(19)17-2)15(20)13-8-12(13)10-4-6-11(16)7-5-10/h4-7,12-13H,3,8-9H2,1-2H3,(H,17,19)/t12-,13-/m0/s1. The van der Waals surface area contributed by atoms with Crippen LogP contribution in [0.15, 0.2) is 28.7 Å². The van der Waals surface area contributed by atoms with E-state index < -0.39 is 0 Å². The first kappa shape index (κ1) is 15.0. The molecule has 0 unspecified atom stereocenters. The van der Waals surface area contributed by atoms with Crippen LogP contribution >= 0.6 is 15.9 Å². The van der Waals surface area contributed by atoms with Crippen molar-refractivity contribution in [3.8, 4) is 0 Å². The highest BCUT2D eigenvalue weighted by molar-refractivity contribution is 9.10. The second-order valence-electron chi connectivity index (χ2n) is 5.03. The summed E-state index contributed by atoms with van der Waals surface area (Å²) in [5.74, 6) is 0.292. The molecule has 0 radical (unpaired) electrons. The van der Waals surface area contributed by atoms with E-state index >= 15 is 0 Å². The Bertz CT molecular complexity index is 501. The van der Waals surface area contributed by atoms with Crippen LogP contribution < -0.4 is 5.32 Å². The van der Waals surface area contributed by atoms with Crippen LogP contribution in [0.2, 0.25) is 0 Å². The van der Waals surface area contributed by atoms with Crippen molar-refractivity contribution in [2.45, 2.75) is 19.3 Å². The molecular formula is C15H19BrN2O2. The van der Waals surface area contributed by atoms with Crippen molar-refractivity contribution >= 4 is 27.7 Å². The Hall–Kier alpha value is -1.36. The molecule has 0 spiro atoms. The number of nitrogens with zero attached hydrogens (tertiary/aromatic N) is 1. The molecule has 1 saturated carbocycles. The van der Waals surface area contributed by atoms with Crippen LogP contribution in [-0.4, -0.2) is 36.9 Å². The molecule has 108 valence electrons. The molecule has 2 atom stereocenters. The number of hydrogen-bond donors (Lipinski definition) is 1. The summed E-state index contributed by atoms with van der Waals surface area (Å²) in [7, 11) is 1.59. The number of carbonyl (C=O) groups is 2. The molecular weight excluding hydrogens is 320 g/mol. The Labute approximate surface area is 127 Å². The highest BCUT2D eigenvalue weighted by Crippen LogP contribution is 2.48. The number of likely N-dealkylation sites (N-methyl/N-ethyl adjacent to an activating group) is 2. The summed E-state index contributed by atoms with van der Waals surface area (Å²) in [6.07, 6.45) is 0.880. The number of benzene rings is 1. The van der Waals surface area contributed by atoms with Gasteiger partial charge >= 0.3 is 0 Å². The molecule has 2 rings (SSSR count). The number of nitrogens with one attached hydrogen (secondary N) is 1. The summed E-state index contributed by atoms with van der Waals surface area (Å²) < 4.78 is 1.04. The van der Waals surface area contributed by atoms with Crippen molar-refractivity contribution in [2.75, 3.05) is 20.1 Å². The molecule has 2 amide bonds. The number of rotatable bonds is 5. The van der Waals surface area contributed by atoms with Gasteiger partial charge in [0.2, 0.25) is 11.8 Å². The van der Waals surface area contributed by atoms with Gasteiger partial charge in [-0.15, -0.1) is 0 Å². The molecule has 0 saturated heterocycles. The molecule has 1 aliphatic carbocycles. The van der Waals surface area contributed by atoms with E-state index in [-0.39, 0.29) is 24.3 Å². The van der Waals surface area contributed by atoms with E-state index in [1.54, 1.807) is 11.9 Å². The maximum atomic E-state index is 12.4. The highest BCUT2D eigenvalue weighted by atomic mass is 79.9. The minimum atomic E-state index is -0.124. The van der Waals surface area contributed by atoms with E-state index in [2.05, 4.69) is 33.4 Å². The summed E-state index contributed by atoms with van der Waals surface area (Å²) in [6.45, 7) is 2.61. The van der Waals surface area contributed by atoms with Crippen molar-refractivity contribution in [3.63, 3.8) is 0 Å². The van der Waals surface area contributed by atoms with E-state index in [1.165, 1.54) is 5.56 Å². The lowest BCUT2D eigenvalue weighted by Gasteiger charge is -2.20. The zero-order valence-corrected chi connectivity index (χ0v) is 13.3. The van der Waals surface area contributed by atoms with Gasteiger partial charge in [-0.05, 0) is 37.0 Å². The molecule has 1 aliphatic rings. The van der Waals surface area contributed by atoms with Gasteiger partial charge in [0.25, 0.3) is 0 Å². The third-order valence-electron chi connectivity index (χ3n) is 3.71. The fourth-order valence-corrected chi connectivity index (χ4v) is 2.64. The third-order valence-corrected chi connectivity index (χ3v) is 4.24. The van der Waals surface area contributed by atoms with Gasteiger partial charge in [0.05, 0.1) is 6.54 Å². The molecule has 0 bridgehead atoms. The maximum absolute atomic E-state index is 12.4. The lowest BCUT2D eigenvalue weighted by atomic mass is 10.1. The fourth-order valence-electron chi connectivity index (χ4n) is 2.38. The van der Waals surface area contributed by atoms with Crippen LogP contribution in [0.25, 0.3) is 0 Å². The second-order valence-corrected chi connectivity index (χ2v) is 5.94. The summed E-state index contributed by atoms with van der Waals surface area (Å²) in [4.78, 5) is 25.4. The Kier molecular flexibility index (Phi) is 4.81. The molecule has 5 heteroatoms. The molecule has 1 N–H and O–H groups in total. The topological polar surface area (TPSA) is 49.4 Å². The lowest BCUT2D eigenvalue weighted by molar-refractivity contribution is -0.136. The molecule has 20 heavy (non-hydrogen) atoms. The Balaban J connectivity index is 1.97. The van der Waals surface area contributed by atoms with Gasteiger partial charge in [-0.3, -0.25) is 9.59 Å². The Morgan fingerprint density at radius 2 is 2.00 bits per heavy atom. The van der Waals surface area contributed by atoms with Crippen molar-refractivity contribution < 1.29 is 9.59 Å². The van der Waals surface area contributed by atoms with Gasteiger partial charge in [-0.2, -0.15) is 0 Å².